The van der Waals surface area contributed by atoms with Gasteiger partial charge in [-0.1, -0.05) is 18.0 Å². The fourth-order valence-electron chi connectivity index (χ4n) is 2.70. The quantitative estimate of drug-likeness (QED) is 0.837. The molecule has 20 heavy (non-hydrogen) atoms. The average molecular weight is 297 g/mol. The molecular formula is C15H23ClN3O+. The maximum atomic E-state index is 12.3. The van der Waals surface area contributed by atoms with E-state index in [4.69, 9.17) is 11.6 Å². The molecule has 0 bridgehead atoms. The van der Waals surface area contributed by atoms with Crippen LogP contribution in [0.3, 0.4) is 0 Å². The zero-order valence-corrected chi connectivity index (χ0v) is 12.7. The standard InChI is InChI=1S/C15H22ClN3O/c1-12(19-10-5-3-2-4-6-11-19)15(20)18-13-8-7-9-17-14(13)16/h7-9,12H,2-6,10-11H2,1H3,(H,18,20)/p+1/t12-/m1/s1. The molecule has 2 N–H and O–H groups in total. The van der Waals surface area contributed by atoms with Gasteiger partial charge in [-0.2, -0.15) is 0 Å². The lowest BCUT2D eigenvalue weighted by Crippen LogP contribution is -3.16. The topological polar surface area (TPSA) is 46.4 Å². The highest BCUT2D eigenvalue weighted by atomic mass is 35.5. The van der Waals surface area contributed by atoms with Crippen LogP contribution >= 0.6 is 11.6 Å². The maximum absolute atomic E-state index is 12.3. The van der Waals surface area contributed by atoms with Crippen molar-refractivity contribution in [3.8, 4) is 0 Å². The molecular weight excluding hydrogens is 274 g/mol. The van der Waals surface area contributed by atoms with Crippen LogP contribution < -0.4 is 10.2 Å². The first-order valence-corrected chi connectivity index (χ1v) is 7.82. The summed E-state index contributed by atoms with van der Waals surface area (Å²) in [4.78, 5) is 17.7. The predicted octanol–water partition coefficient (Wildman–Crippen LogP) is 1.91. The summed E-state index contributed by atoms with van der Waals surface area (Å²) in [5.74, 6) is 0.0236. The van der Waals surface area contributed by atoms with Crippen molar-refractivity contribution in [2.24, 2.45) is 0 Å². The van der Waals surface area contributed by atoms with Crippen LogP contribution in [0.4, 0.5) is 5.69 Å². The minimum Gasteiger partial charge on any atom is -0.325 e. The number of likely N-dealkylation sites (tertiary alicyclic amines) is 1. The minimum absolute atomic E-state index is 0.0236. The molecule has 0 spiro atoms. The highest BCUT2D eigenvalue weighted by Crippen LogP contribution is 2.17. The summed E-state index contributed by atoms with van der Waals surface area (Å²) in [7, 11) is 0. The number of anilines is 1. The molecule has 110 valence electrons. The van der Waals surface area contributed by atoms with Crippen molar-refractivity contribution in [1.29, 1.82) is 0 Å². The van der Waals surface area contributed by atoms with Gasteiger partial charge < -0.3 is 10.2 Å². The van der Waals surface area contributed by atoms with Crippen molar-refractivity contribution in [1.82, 2.24) is 4.98 Å². The van der Waals surface area contributed by atoms with Gasteiger partial charge in [0.05, 0.1) is 18.8 Å². The lowest BCUT2D eigenvalue weighted by Gasteiger charge is -2.27. The van der Waals surface area contributed by atoms with Crippen molar-refractivity contribution >= 4 is 23.2 Å². The summed E-state index contributed by atoms with van der Waals surface area (Å²) < 4.78 is 0. The van der Waals surface area contributed by atoms with Gasteiger partial charge in [0.1, 0.15) is 0 Å². The van der Waals surface area contributed by atoms with Crippen LogP contribution in [0.15, 0.2) is 18.3 Å². The average Bonchev–Trinajstić information content (AvgIpc) is 2.40. The van der Waals surface area contributed by atoms with Crippen LogP contribution in [0.5, 0.6) is 0 Å². The first-order chi connectivity index (χ1) is 9.68. The second kappa shape index (κ2) is 7.60. The van der Waals surface area contributed by atoms with Crippen molar-refractivity contribution in [2.75, 3.05) is 18.4 Å². The second-order valence-electron chi connectivity index (χ2n) is 5.48. The number of aromatic nitrogens is 1. The van der Waals surface area contributed by atoms with E-state index >= 15 is 0 Å². The van der Waals surface area contributed by atoms with Crippen molar-refractivity contribution in [3.63, 3.8) is 0 Å². The van der Waals surface area contributed by atoms with Crippen LogP contribution in [-0.2, 0) is 4.79 Å². The number of halogens is 1. The molecule has 1 aromatic heterocycles. The van der Waals surface area contributed by atoms with E-state index < -0.39 is 0 Å². The van der Waals surface area contributed by atoms with E-state index in [1.54, 1.807) is 18.3 Å². The van der Waals surface area contributed by atoms with Gasteiger partial charge in [-0.05, 0) is 44.7 Å². The minimum atomic E-state index is -0.0515. The Morgan fingerprint density at radius 3 is 2.60 bits per heavy atom. The molecule has 2 heterocycles. The zero-order chi connectivity index (χ0) is 14.4. The van der Waals surface area contributed by atoms with Crippen LogP contribution in [0.1, 0.15) is 39.0 Å². The van der Waals surface area contributed by atoms with Gasteiger partial charge in [0.2, 0.25) is 0 Å². The summed E-state index contributed by atoms with van der Waals surface area (Å²) in [6.45, 7) is 4.15. The van der Waals surface area contributed by atoms with Gasteiger partial charge in [-0.15, -0.1) is 0 Å². The fourth-order valence-corrected chi connectivity index (χ4v) is 2.86. The molecule has 4 nitrogen and oxygen atoms in total. The van der Waals surface area contributed by atoms with E-state index in [9.17, 15) is 4.79 Å². The Labute approximate surface area is 125 Å². The van der Waals surface area contributed by atoms with Gasteiger partial charge in [-0.25, -0.2) is 4.98 Å². The monoisotopic (exact) mass is 296 g/mol. The Morgan fingerprint density at radius 2 is 1.95 bits per heavy atom. The lowest BCUT2D eigenvalue weighted by atomic mass is 10.1. The largest absolute Gasteiger partial charge is 0.325 e. The summed E-state index contributed by atoms with van der Waals surface area (Å²) in [5, 5.41) is 3.23. The highest BCUT2D eigenvalue weighted by molar-refractivity contribution is 6.32. The molecule has 2 rings (SSSR count). The van der Waals surface area contributed by atoms with Gasteiger partial charge in [0, 0.05) is 6.20 Å². The molecule has 1 aliphatic heterocycles. The normalized spacial score (nSPS) is 18.9. The van der Waals surface area contributed by atoms with E-state index in [1.807, 2.05) is 6.92 Å². The number of nitrogens with zero attached hydrogens (tertiary/aromatic N) is 1. The smallest absolute Gasteiger partial charge is 0.282 e. The molecule has 0 radical (unpaired) electrons. The Morgan fingerprint density at radius 1 is 1.30 bits per heavy atom. The van der Waals surface area contributed by atoms with Gasteiger partial charge in [-0.3, -0.25) is 4.79 Å². The molecule has 5 heteroatoms. The Balaban J connectivity index is 1.95. The summed E-state index contributed by atoms with van der Waals surface area (Å²) in [6, 6.07) is 3.50. The third kappa shape index (κ3) is 4.18. The van der Waals surface area contributed by atoms with Gasteiger partial charge in [0.25, 0.3) is 5.91 Å². The number of amides is 1. The second-order valence-corrected chi connectivity index (χ2v) is 5.84. The van der Waals surface area contributed by atoms with E-state index in [1.165, 1.54) is 37.0 Å². The van der Waals surface area contributed by atoms with E-state index in [-0.39, 0.29) is 11.9 Å². The summed E-state index contributed by atoms with van der Waals surface area (Å²) >= 11 is 5.97. The van der Waals surface area contributed by atoms with Crippen molar-refractivity contribution in [2.45, 2.75) is 45.1 Å². The highest BCUT2D eigenvalue weighted by Gasteiger charge is 2.25. The molecule has 1 amide bonds. The number of nitrogens with one attached hydrogen (secondary N) is 2. The number of carbonyl (C=O) groups excluding carboxylic acids is 1. The molecule has 0 aromatic carbocycles. The Kier molecular flexibility index (Phi) is 5.80. The van der Waals surface area contributed by atoms with E-state index in [0.717, 1.165) is 13.1 Å². The van der Waals surface area contributed by atoms with E-state index in [2.05, 4.69) is 10.3 Å². The number of hydrogen-bond acceptors (Lipinski definition) is 2. The van der Waals surface area contributed by atoms with Gasteiger partial charge >= 0.3 is 0 Å². The number of pyridine rings is 1. The number of carbonyl (C=O) groups is 1. The first-order valence-electron chi connectivity index (χ1n) is 7.44. The third-order valence-electron chi connectivity index (χ3n) is 4.02. The van der Waals surface area contributed by atoms with Crippen LogP contribution in [-0.4, -0.2) is 30.0 Å². The first kappa shape index (κ1) is 15.3. The zero-order valence-electron chi connectivity index (χ0n) is 12.0. The SMILES string of the molecule is C[C@H](C(=O)Nc1cccnc1Cl)[NH+]1CCCCCCC1. The van der Waals surface area contributed by atoms with Crippen molar-refractivity contribution < 1.29 is 9.69 Å². The summed E-state index contributed by atoms with van der Waals surface area (Å²) in [5.41, 5.74) is 0.595. The molecule has 1 aliphatic rings. The van der Waals surface area contributed by atoms with Crippen LogP contribution in [0.25, 0.3) is 0 Å². The number of rotatable bonds is 3. The van der Waals surface area contributed by atoms with E-state index in [0.29, 0.717) is 10.8 Å². The van der Waals surface area contributed by atoms with Gasteiger partial charge in [0.15, 0.2) is 11.2 Å². The lowest BCUT2D eigenvalue weighted by molar-refractivity contribution is -0.914. The predicted molar refractivity (Wildman–Crippen MR) is 81.1 cm³/mol. The fraction of sp³-hybridized carbons (Fsp3) is 0.600. The Hall–Kier alpha value is -1.13. The van der Waals surface area contributed by atoms with Crippen LogP contribution in [0, 0.1) is 0 Å². The molecule has 1 aromatic rings. The summed E-state index contributed by atoms with van der Waals surface area (Å²) in [6.07, 6.45) is 7.93. The third-order valence-corrected chi connectivity index (χ3v) is 4.32. The Bertz CT molecular complexity index is 444. The molecule has 1 atom stereocenters. The maximum Gasteiger partial charge on any atom is 0.282 e. The molecule has 0 aliphatic carbocycles. The molecule has 0 saturated carbocycles. The molecule has 1 fully saturated rings. The number of hydrogen-bond donors (Lipinski definition) is 2. The van der Waals surface area contributed by atoms with Crippen LogP contribution in [0.2, 0.25) is 5.15 Å². The van der Waals surface area contributed by atoms with Crippen molar-refractivity contribution in [3.05, 3.63) is 23.5 Å². The molecule has 0 unspecified atom stereocenters. The molecule has 1 saturated heterocycles. The number of quaternary nitrogens is 1.